The van der Waals surface area contributed by atoms with E-state index >= 15 is 0 Å². The molecule has 2 heterocycles. The second-order valence-corrected chi connectivity index (χ2v) is 18.2. The molecule has 12 aromatic rings. The maximum atomic E-state index is 2.56. The van der Waals surface area contributed by atoms with E-state index in [1.165, 1.54) is 97.6 Å². The van der Waals surface area contributed by atoms with Crippen molar-refractivity contribution in [1.82, 2.24) is 4.57 Å². The maximum absolute atomic E-state index is 2.56. The van der Waals surface area contributed by atoms with E-state index in [2.05, 4.69) is 240 Å². The number of aromatic nitrogens is 1. The molecule has 3 heteroatoms. The van der Waals surface area contributed by atoms with Crippen LogP contribution >= 0.6 is 11.3 Å². The second kappa shape index (κ2) is 13.5. The van der Waals surface area contributed by atoms with E-state index in [0.29, 0.717) is 0 Å². The molecule has 0 amide bonds. The Bertz CT molecular complexity index is 3790. The van der Waals surface area contributed by atoms with Gasteiger partial charge in [0.15, 0.2) is 0 Å². The predicted octanol–water partition coefficient (Wildman–Crippen LogP) is 16.6. The zero-order chi connectivity index (χ0) is 41.9. The van der Waals surface area contributed by atoms with Gasteiger partial charge in [0.2, 0.25) is 0 Å². The molecule has 0 unspecified atom stereocenters. The summed E-state index contributed by atoms with van der Waals surface area (Å²) in [7, 11) is 0. The molecule has 64 heavy (non-hydrogen) atoms. The molecular formula is C61H38N2S. The van der Waals surface area contributed by atoms with Crippen LogP contribution in [0.5, 0.6) is 0 Å². The Morgan fingerprint density at radius 2 is 0.938 bits per heavy atom. The molecule has 10 aromatic carbocycles. The van der Waals surface area contributed by atoms with Crippen LogP contribution in [-0.4, -0.2) is 4.57 Å². The lowest BCUT2D eigenvalue weighted by Crippen LogP contribution is -2.26. The van der Waals surface area contributed by atoms with Gasteiger partial charge in [0.1, 0.15) is 0 Å². The Labute approximate surface area is 375 Å². The highest BCUT2D eigenvalue weighted by molar-refractivity contribution is 7.26. The molecule has 0 aliphatic heterocycles. The van der Waals surface area contributed by atoms with Gasteiger partial charge in [-0.15, -0.1) is 11.3 Å². The Kier molecular flexibility index (Phi) is 7.51. The quantitative estimate of drug-likeness (QED) is 0.168. The molecule has 2 aliphatic rings. The number of fused-ring (bicyclic) bond motifs is 17. The van der Waals surface area contributed by atoms with E-state index in [9.17, 15) is 0 Å². The van der Waals surface area contributed by atoms with E-state index in [4.69, 9.17) is 0 Å². The summed E-state index contributed by atoms with van der Waals surface area (Å²) < 4.78 is 5.13. The highest BCUT2D eigenvalue weighted by Crippen LogP contribution is 2.65. The van der Waals surface area contributed by atoms with Gasteiger partial charge in [-0.3, -0.25) is 0 Å². The number of benzene rings is 10. The van der Waals surface area contributed by atoms with Crippen molar-refractivity contribution >= 4 is 70.4 Å². The lowest BCUT2D eigenvalue weighted by Gasteiger charge is -2.32. The van der Waals surface area contributed by atoms with Crippen molar-refractivity contribution in [3.8, 4) is 39.1 Å². The van der Waals surface area contributed by atoms with E-state index in [-0.39, 0.29) is 0 Å². The van der Waals surface area contributed by atoms with Gasteiger partial charge in [0, 0.05) is 47.9 Å². The molecule has 0 atom stereocenters. The fourth-order valence-corrected chi connectivity index (χ4v) is 12.6. The van der Waals surface area contributed by atoms with Gasteiger partial charge in [-0.2, -0.15) is 0 Å². The molecule has 0 radical (unpaired) electrons. The SMILES string of the molecule is c1ccc(-c2ccc(N(c3cccc4c3-c3ccccc3C43c4ccccc4-c4ccccc43)c3cccc4c5c6c(ccc5n(-c5ccccc5)c34)sc3ccccc36)cc2)cc1. The average molecular weight is 831 g/mol. The second-order valence-electron chi connectivity index (χ2n) is 17.1. The fourth-order valence-electron chi connectivity index (χ4n) is 11.5. The van der Waals surface area contributed by atoms with Crippen LogP contribution < -0.4 is 4.90 Å². The number of para-hydroxylation sites is 2. The number of hydrogen-bond donors (Lipinski definition) is 0. The fraction of sp³-hybridized carbons (Fsp3) is 0.0164. The minimum absolute atomic E-state index is 0.464. The zero-order valence-corrected chi connectivity index (χ0v) is 35.6. The normalized spacial score (nSPS) is 13.1. The van der Waals surface area contributed by atoms with Crippen LogP contribution in [-0.2, 0) is 5.41 Å². The smallest absolute Gasteiger partial charge is 0.0782 e. The van der Waals surface area contributed by atoms with Crippen LogP contribution in [0.15, 0.2) is 231 Å². The van der Waals surface area contributed by atoms with Crippen molar-refractivity contribution in [3.05, 3.63) is 253 Å². The van der Waals surface area contributed by atoms with Crippen LogP contribution in [0.4, 0.5) is 17.1 Å². The molecule has 14 rings (SSSR count). The molecule has 0 saturated carbocycles. The molecule has 2 aliphatic carbocycles. The minimum atomic E-state index is -0.464. The van der Waals surface area contributed by atoms with Crippen LogP contribution in [0.25, 0.3) is 81.0 Å². The molecule has 0 N–H and O–H groups in total. The molecule has 298 valence electrons. The minimum Gasteiger partial charge on any atom is -0.308 e. The van der Waals surface area contributed by atoms with E-state index in [0.717, 1.165) is 22.7 Å². The Morgan fingerprint density at radius 3 is 1.69 bits per heavy atom. The summed E-state index contributed by atoms with van der Waals surface area (Å²) in [6, 6.07) is 85.7. The first-order valence-corrected chi connectivity index (χ1v) is 22.9. The molecule has 1 spiro atoms. The Morgan fingerprint density at radius 1 is 0.375 bits per heavy atom. The number of hydrogen-bond acceptors (Lipinski definition) is 2. The average Bonchev–Trinajstić information content (AvgIpc) is 4.09. The number of thiophene rings is 1. The first kappa shape index (κ1) is 35.6. The van der Waals surface area contributed by atoms with Gasteiger partial charge in [-0.05, 0) is 105 Å². The Balaban J connectivity index is 1.12. The largest absolute Gasteiger partial charge is 0.308 e. The first-order chi connectivity index (χ1) is 31.8. The molecule has 0 bridgehead atoms. The third-order valence-corrected chi connectivity index (χ3v) is 15.1. The van der Waals surface area contributed by atoms with Gasteiger partial charge in [0.05, 0.1) is 27.8 Å². The van der Waals surface area contributed by atoms with Crippen molar-refractivity contribution in [2.45, 2.75) is 5.41 Å². The summed E-state index contributed by atoms with van der Waals surface area (Å²) in [5.41, 5.74) is 19.3. The predicted molar refractivity (Wildman–Crippen MR) is 270 cm³/mol. The topological polar surface area (TPSA) is 8.17 Å². The number of anilines is 3. The van der Waals surface area contributed by atoms with Crippen molar-refractivity contribution < 1.29 is 0 Å². The third kappa shape index (κ3) is 4.74. The van der Waals surface area contributed by atoms with Gasteiger partial charge < -0.3 is 9.47 Å². The molecular weight excluding hydrogens is 793 g/mol. The highest BCUT2D eigenvalue weighted by Gasteiger charge is 2.52. The third-order valence-electron chi connectivity index (χ3n) is 14.0. The number of rotatable bonds is 5. The summed E-state index contributed by atoms with van der Waals surface area (Å²) in [5, 5.41) is 5.15. The molecule has 0 fully saturated rings. The first-order valence-electron chi connectivity index (χ1n) is 22.1. The highest BCUT2D eigenvalue weighted by atomic mass is 32.1. The standard InChI is InChI=1S/C61H38N2S/c1-3-17-39(18-4-1)40-33-35-42(36-34-40)62(52-30-16-29-51-57(52)45-23-9-13-28-50(45)61(51)48-26-11-7-21-43(48)44-22-8-12-27-49(44)61)54-31-15-25-47-58-53(63(60(47)54)41-19-5-2-6-20-41)37-38-56-59(58)46-24-10-14-32-55(46)64-56/h1-38H. The van der Waals surface area contributed by atoms with E-state index in [1.54, 1.807) is 0 Å². The summed E-state index contributed by atoms with van der Waals surface area (Å²) in [6.45, 7) is 0. The molecule has 0 saturated heterocycles. The van der Waals surface area contributed by atoms with E-state index < -0.39 is 5.41 Å². The summed E-state index contributed by atoms with van der Waals surface area (Å²) in [5.74, 6) is 0. The van der Waals surface area contributed by atoms with Crippen LogP contribution in [0, 0.1) is 0 Å². The maximum Gasteiger partial charge on any atom is 0.0782 e. The van der Waals surface area contributed by atoms with Crippen molar-refractivity contribution in [1.29, 1.82) is 0 Å². The van der Waals surface area contributed by atoms with Crippen LogP contribution in [0.1, 0.15) is 22.3 Å². The van der Waals surface area contributed by atoms with E-state index in [1.807, 2.05) is 11.3 Å². The zero-order valence-electron chi connectivity index (χ0n) is 34.7. The molecule has 2 aromatic heterocycles. The molecule has 2 nitrogen and oxygen atoms in total. The van der Waals surface area contributed by atoms with Gasteiger partial charge >= 0.3 is 0 Å². The monoisotopic (exact) mass is 830 g/mol. The number of nitrogens with zero attached hydrogens (tertiary/aromatic N) is 2. The van der Waals surface area contributed by atoms with Crippen LogP contribution in [0.2, 0.25) is 0 Å². The van der Waals surface area contributed by atoms with Crippen LogP contribution in [0.3, 0.4) is 0 Å². The van der Waals surface area contributed by atoms with Gasteiger partial charge in [-0.25, -0.2) is 0 Å². The summed E-state index contributed by atoms with van der Waals surface area (Å²) in [4.78, 5) is 2.56. The lowest BCUT2D eigenvalue weighted by molar-refractivity contribution is 0.794. The van der Waals surface area contributed by atoms with Crippen molar-refractivity contribution in [2.75, 3.05) is 4.90 Å². The summed E-state index contributed by atoms with van der Waals surface area (Å²) in [6.07, 6.45) is 0. The van der Waals surface area contributed by atoms with Crippen molar-refractivity contribution in [2.24, 2.45) is 0 Å². The summed E-state index contributed by atoms with van der Waals surface area (Å²) >= 11 is 1.88. The van der Waals surface area contributed by atoms with Gasteiger partial charge in [0.25, 0.3) is 0 Å². The Hall–Kier alpha value is -7.98. The van der Waals surface area contributed by atoms with Crippen molar-refractivity contribution in [3.63, 3.8) is 0 Å². The lowest BCUT2D eigenvalue weighted by atomic mass is 9.70. The van der Waals surface area contributed by atoms with Gasteiger partial charge in [-0.1, -0.05) is 176 Å².